The average molecular weight is 217 g/mol. The summed E-state index contributed by atoms with van der Waals surface area (Å²) in [5.41, 5.74) is 1.00. The lowest BCUT2D eigenvalue weighted by molar-refractivity contribution is 0.0642. The molecule has 2 unspecified atom stereocenters. The van der Waals surface area contributed by atoms with Gasteiger partial charge < -0.3 is 4.74 Å². The van der Waals surface area contributed by atoms with Gasteiger partial charge in [-0.3, -0.25) is 14.5 Å². The van der Waals surface area contributed by atoms with Crippen molar-refractivity contribution in [1.29, 1.82) is 0 Å². The molecule has 2 aliphatic rings. The van der Waals surface area contributed by atoms with Crippen LogP contribution in [0.4, 0.5) is 0 Å². The summed E-state index contributed by atoms with van der Waals surface area (Å²) in [6.07, 6.45) is 0.173. The van der Waals surface area contributed by atoms with E-state index in [1.54, 1.807) is 24.3 Å². The van der Waals surface area contributed by atoms with Crippen molar-refractivity contribution in [2.24, 2.45) is 0 Å². The minimum atomic E-state index is -0.205. The van der Waals surface area contributed by atoms with E-state index in [4.69, 9.17) is 4.74 Å². The van der Waals surface area contributed by atoms with Crippen LogP contribution < -0.4 is 0 Å². The number of imide groups is 1. The summed E-state index contributed by atoms with van der Waals surface area (Å²) in [5, 5.41) is 0. The van der Waals surface area contributed by atoms with Crippen molar-refractivity contribution in [2.45, 2.75) is 19.1 Å². The van der Waals surface area contributed by atoms with Crippen LogP contribution in [0.5, 0.6) is 0 Å². The molecule has 4 heteroatoms. The summed E-state index contributed by atoms with van der Waals surface area (Å²) in [7, 11) is 0. The van der Waals surface area contributed by atoms with E-state index in [2.05, 4.69) is 0 Å². The van der Waals surface area contributed by atoms with Crippen LogP contribution in [0, 0.1) is 0 Å². The molecular formula is C12H11NO3. The Morgan fingerprint density at radius 1 is 1.19 bits per heavy atom. The number of carbonyl (C=O) groups excluding carboxylic acids is 2. The smallest absolute Gasteiger partial charge is 0.261 e. The van der Waals surface area contributed by atoms with E-state index in [1.165, 1.54) is 4.90 Å². The lowest BCUT2D eigenvalue weighted by Crippen LogP contribution is -2.33. The number of amides is 2. The van der Waals surface area contributed by atoms with Gasteiger partial charge in [-0.05, 0) is 19.1 Å². The molecule has 0 aromatic heterocycles. The Balaban J connectivity index is 1.89. The molecule has 4 nitrogen and oxygen atoms in total. The summed E-state index contributed by atoms with van der Waals surface area (Å²) < 4.78 is 5.23. The Bertz CT molecular complexity index is 448. The van der Waals surface area contributed by atoms with Crippen molar-refractivity contribution in [3.05, 3.63) is 35.4 Å². The summed E-state index contributed by atoms with van der Waals surface area (Å²) in [6, 6.07) is 6.91. The first-order valence-corrected chi connectivity index (χ1v) is 5.29. The highest BCUT2D eigenvalue weighted by atomic mass is 16.6. The van der Waals surface area contributed by atoms with Crippen LogP contribution in [-0.2, 0) is 4.74 Å². The number of hydrogen-bond donors (Lipinski definition) is 0. The third kappa shape index (κ3) is 1.27. The molecule has 2 atom stereocenters. The van der Waals surface area contributed by atoms with E-state index in [9.17, 15) is 9.59 Å². The Hall–Kier alpha value is -1.68. The second-order valence-electron chi connectivity index (χ2n) is 4.15. The number of hydrogen-bond acceptors (Lipinski definition) is 3. The van der Waals surface area contributed by atoms with Crippen molar-refractivity contribution in [3.63, 3.8) is 0 Å². The summed E-state index contributed by atoms with van der Waals surface area (Å²) >= 11 is 0. The Labute approximate surface area is 92.8 Å². The third-order valence-electron chi connectivity index (χ3n) is 3.08. The second-order valence-corrected chi connectivity index (χ2v) is 4.15. The van der Waals surface area contributed by atoms with Gasteiger partial charge in [0.1, 0.15) is 6.10 Å². The fourth-order valence-electron chi connectivity index (χ4n) is 2.01. The van der Waals surface area contributed by atoms with Crippen LogP contribution in [0.15, 0.2) is 24.3 Å². The molecule has 2 aliphatic heterocycles. The number of nitrogens with zero attached hydrogens (tertiary/aromatic N) is 1. The first kappa shape index (κ1) is 9.54. The fraction of sp³-hybridized carbons (Fsp3) is 0.333. The largest absolute Gasteiger partial charge is 0.368 e. The number of fused-ring (bicyclic) bond motifs is 1. The summed E-state index contributed by atoms with van der Waals surface area (Å²) in [5.74, 6) is -0.411. The van der Waals surface area contributed by atoms with Gasteiger partial charge in [0, 0.05) is 0 Å². The number of carbonyl (C=O) groups is 2. The lowest BCUT2D eigenvalue weighted by Gasteiger charge is -2.11. The van der Waals surface area contributed by atoms with Gasteiger partial charge in [-0.15, -0.1) is 0 Å². The normalized spacial score (nSPS) is 27.2. The van der Waals surface area contributed by atoms with Gasteiger partial charge in [0.25, 0.3) is 11.8 Å². The minimum Gasteiger partial charge on any atom is -0.368 e. The summed E-state index contributed by atoms with van der Waals surface area (Å²) in [6.45, 7) is 2.30. The second kappa shape index (κ2) is 3.15. The number of benzene rings is 1. The molecule has 0 radical (unpaired) electrons. The molecule has 1 aromatic carbocycles. The highest BCUT2D eigenvalue weighted by Crippen LogP contribution is 2.27. The maximum Gasteiger partial charge on any atom is 0.261 e. The molecule has 1 fully saturated rings. The molecule has 1 aromatic rings. The van der Waals surface area contributed by atoms with Gasteiger partial charge >= 0.3 is 0 Å². The predicted molar refractivity (Wildman–Crippen MR) is 56.1 cm³/mol. The highest BCUT2D eigenvalue weighted by Gasteiger charge is 2.42. The van der Waals surface area contributed by atoms with Gasteiger partial charge in [0.05, 0.1) is 23.8 Å². The summed E-state index contributed by atoms with van der Waals surface area (Å²) in [4.78, 5) is 25.1. The van der Waals surface area contributed by atoms with E-state index in [1.807, 2.05) is 6.92 Å². The standard InChI is InChI=1S/C12H11NO3/c1-7-10(16-7)6-13-11(14)8-4-2-3-5-9(8)12(13)15/h2-5,7,10H,6H2,1H3. The van der Waals surface area contributed by atoms with Crippen LogP contribution in [0.2, 0.25) is 0 Å². The van der Waals surface area contributed by atoms with Crippen molar-refractivity contribution >= 4 is 11.8 Å². The molecule has 82 valence electrons. The van der Waals surface area contributed by atoms with E-state index >= 15 is 0 Å². The SMILES string of the molecule is CC1OC1CN1C(=O)c2ccccc2C1=O. The van der Waals surface area contributed by atoms with Crippen molar-refractivity contribution < 1.29 is 14.3 Å². The minimum absolute atomic E-state index is 0.0159. The van der Waals surface area contributed by atoms with Crippen molar-refractivity contribution in [1.82, 2.24) is 4.90 Å². The van der Waals surface area contributed by atoms with E-state index in [-0.39, 0.29) is 24.0 Å². The zero-order valence-electron chi connectivity index (χ0n) is 8.84. The number of rotatable bonds is 2. The molecule has 0 aliphatic carbocycles. The Kier molecular flexibility index (Phi) is 1.88. The molecular weight excluding hydrogens is 206 g/mol. The van der Waals surface area contributed by atoms with Gasteiger partial charge in [0.15, 0.2) is 0 Å². The topological polar surface area (TPSA) is 49.9 Å². The average Bonchev–Trinajstić information content (AvgIpc) is 2.94. The maximum atomic E-state index is 11.9. The molecule has 2 heterocycles. The van der Waals surface area contributed by atoms with Crippen LogP contribution in [-0.4, -0.2) is 35.5 Å². The predicted octanol–water partition coefficient (Wildman–Crippen LogP) is 1.07. The van der Waals surface area contributed by atoms with Gasteiger partial charge in [-0.25, -0.2) is 0 Å². The van der Waals surface area contributed by atoms with E-state index in [0.29, 0.717) is 17.7 Å². The van der Waals surface area contributed by atoms with Crippen molar-refractivity contribution in [3.8, 4) is 0 Å². The molecule has 2 amide bonds. The molecule has 1 saturated heterocycles. The molecule has 0 saturated carbocycles. The molecule has 3 rings (SSSR count). The Morgan fingerprint density at radius 3 is 2.12 bits per heavy atom. The first-order chi connectivity index (χ1) is 7.68. The van der Waals surface area contributed by atoms with Gasteiger partial charge in [0.2, 0.25) is 0 Å². The fourth-order valence-corrected chi connectivity index (χ4v) is 2.01. The van der Waals surface area contributed by atoms with E-state index < -0.39 is 0 Å². The first-order valence-electron chi connectivity index (χ1n) is 5.29. The quantitative estimate of drug-likeness (QED) is 0.550. The Morgan fingerprint density at radius 2 is 1.69 bits per heavy atom. The van der Waals surface area contributed by atoms with Crippen LogP contribution >= 0.6 is 0 Å². The maximum absolute atomic E-state index is 11.9. The molecule has 0 spiro atoms. The zero-order chi connectivity index (χ0) is 11.3. The van der Waals surface area contributed by atoms with Crippen LogP contribution in [0.3, 0.4) is 0 Å². The van der Waals surface area contributed by atoms with Crippen LogP contribution in [0.1, 0.15) is 27.6 Å². The molecule has 0 bridgehead atoms. The van der Waals surface area contributed by atoms with E-state index in [0.717, 1.165) is 0 Å². The number of ether oxygens (including phenoxy) is 1. The third-order valence-corrected chi connectivity index (χ3v) is 3.08. The number of epoxide rings is 1. The van der Waals surface area contributed by atoms with Gasteiger partial charge in [-0.2, -0.15) is 0 Å². The van der Waals surface area contributed by atoms with Gasteiger partial charge in [-0.1, -0.05) is 12.1 Å². The highest BCUT2D eigenvalue weighted by molar-refractivity contribution is 6.21. The molecule has 0 N–H and O–H groups in total. The van der Waals surface area contributed by atoms with Crippen molar-refractivity contribution in [2.75, 3.05) is 6.54 Å². The molecule has 16 heavy (non-hydrogen) atoms. The zero-order valence-corrected chi connectivity index (χ0v) is 8.84. The lowest BCUT2D eigenvalue weighted by atomic mass is 10.1. The monoisotopic (exact) mass is 217 g/mol. The van der Waals surface area contributed by atoms with Crippen LogP contribution in [0.25, 0.3) is 0 Å².